The van der Waals surface area contributed by atoms with E-state index in [2.05, 4.69) is 4.72 Å². The third-order valence-corrected chi connectivity index (χ3v) is 5.50. The molecule has 0 saturated carbocycles. The molecule has 0 aliphatic rings. The quantitative estimate of drug-likeness (QED) is 0.586. The van der Waals surface area contributed by atoms with Crippen LogP contribution in [0.2, 0.25) is 0 Å². The predicted octanol–water partition coefficient (Wildman–Crippen LogP) is 4.79. The maximum absolute atomic E-state index is 12.9. The van der Waals surface area contributed by atoms with Gasteiger partial charge in [0.05, 0.1) is 10.6 Å². The maximum atomic E-state index is 12.9. The smallest absolute Gasteiger partial charge is 0.262 e. The molecule has 0 aliphatic heterocycles. The van der Waals surface area contributed by atoms with E-state index in [1.807, 2.05) is 66.7 Å². The first-order valence-corrected chi connectivity index (χ1v) is 9.12. The van der Waals surface area contributed by atoms with Gasteiger partial charge < -0.3 is 0 Å². The molecule has 24 heavy (non-hydrogen) atoms. The molecule has 0 aliphatic carbocycles. The van der Waals surface area contributed by atoms with E-state index in [1.165, 1.54) is 0 Å². The van der Waals surface area contributed by atoms with Crippen molar-refractivity contribution in [2.75, 3.05) is 4.72 Å². The first-order valence-electron chi connectivity index (χ1n) is 7.63. The van der Waals surface area contributed by atoms with Gasteiger partial charge in [-0.25, -0.2) is 8.42 Å². The summed E-state index contributed by atoms with van der Waals surface area (Å²) in [6, 6.07) is 26.1. The van der Waals surface area contributed by atoms with Gasteiger partial charge in [0.15, 0.2) is 0 Å². The molecule has 4 aromatic rings. The molecule has 4 rings (SSSR count). The number of benzene rings is 4. The summed E-state index contributed by atoms with van der Waals surface area (Å²) in [5, 5.41) is 3.49. The summed E-state index contributed by atoms with van der Waals surface area (Å²) in [5.74, 6) is 0. The summed E-state index contributed by atoms with van der Waals surface area (Å²) in [6.45, 7) is 0. The van der Waals surface area contributed by atoms with Crippen LogP contribution >= 0.6 is 0 Å². The number of hydrogen-bond donors (Lipinski definition) is 1. The highest BCUT2D eigenvalue weighted by Gasteiger charge is 2.18. The van der Waals surface area contributed by atoms with Crippen molar-refractivity contribution in [2.24, 2.45) is 0 Å². The highest BCUT2D eigenvalue weighted by atomic mass is 32.2. The fraction of sp³-hybridized carbons (Fsp3) is 0. The minimum Gasteiger partial charge on any atom is -0.279 e. The van der Waals surface area contributed by atoms with Crippen molar-refractivity contribution in [3.8, 4) is 0 Å². The van der Waals surface area contributed by atoms with Gasteiger partial charge in [0, 0.05) is 10.8 Å². The highest BCUT2D eigenvalue weighted by molar-refractivity contribution is 7.93. The molecule has 4 aromatic carbocycles. The Morgan fingerprint density at radius 3 is 1.88 bits per heavy atom. The van der Waals surface area contributed by atoms with Gasteiger partial charge in [-0.05, 0) is 22.9 Å². The van der Waals surface area contributed by atoms with Crippen LogP contribution < -0.4 is 4.72 Å². The van der Waals surface area contributed by atoms with Crippen LogP contribution in [-0.4, -0.2) is 8.42 Å². The molecule has 0 radical (unpaired) electrons. The molecule has 1 N–H and O–H groups in total. The molecule has 0 aromatic heterocycles. The Hall–Kier alpha value is -2.85. The summed E-state index contributed by atoms with van der Waals surface area (Å²) in [7, 11) is -3.68. The first-order chi connectivity index (χ1) is 11.6. The van der Waals surface area contributed by atoms with Crippen molar-refractivity contribution >= 4 is 37.3 Å². The maximum Gasteiger partial charge on any atom is 0.262 e. The fourth-order valence-electron chi connectivity index (χ4n) is 2.94. The van der Waals surface area contributed by atoms with Crippen LogP contribution in [0.1, 0.15) is 0 Å². The van der Waals surface area contributed by atoms with Crippen LogP contribution in [0.3, 0.4) is 0 Å². The Balaban J connectivity index is 1.86. The Morgan fingerprint density at radius 1 is 0.583 bits per heavy atom. The number of rotatable bonds is 3. The lowest BCUT2D eigenvalue weighted by molar-refractivity contribution is 0.602. The van der Waals surface area contributed by atoms with Crippen molar-refractivity contribution in [3.05, 3.63) is 84.9 Å². The molecule has 0 fully saturated rings. The van der Waals surface area contributed by atoms with Gasteiger partial charge in [0.1, 0.15) is 0 Å². The fourth-order valence-corrected chi connectivity index (χ4v) is 4.25. The van der Waals surface area contributed by atoms with E-state index in [4.69, 9.17) is 0 Å². The van der Waals surface area contributed by atoms with Gasteiger partial charge in [-0.2, -0.15) is 0 Å². The third-order valence-electron chi connectivity index (χ3n) is 4.07. The average Bonchev–Trinajstić information content (AvgIpc) is 2.61. The number of fused-ring (bicyclic) bond motifs is 2. The zero-order chi connectivity index (χ0) is 16.6. The predicted molar refractivity (Wildman–Crippen MR) is 98.7 cm³/mol. The molecule has 0 heterocycles. The molecule has 0 unspecified atom stereocenters. The van der Waals surface area contributed by atoms with Crippen LogP contribution in [-0.2, 0) is 10.0 Å². The molecule has 118 valence electrons. The third kappa shape index (κ3) is 2.51. The highest BCUT2D eigenvalue weighted by Crippen LogP contribution is 2.28. The van der Waals surface area contributed by atoms with Gasteiger partial charge in [-0.3, -0.25) is 4.72 Å². The van der Waals surface area contributed by atoms with Crippen LogP contribution in [0.25, 0.3) is 21.5 Å². The molecular formula is C20H15NO2S. The van der Waals surface area contributed by atoms with Crippen LogP contribution in [0.5, 0.6) is 0 Å². The topological polar surface area (TPSA) is 46.2 Å². The van der Waals surface area contributed by atoms with Crippen molar-refractivity contribution < 1.29 is 8.42 Å². The van der Waals surface area contributed by atoms with Gasteiger partial charge in [0.25, 0.3) is 10.0 Å². The Labute approximate surface area is 140 Å². The summed E-state index contributed by atoms with van der Waals surface area (Å²) in [4.78, 5) is 0.286. The second kappa shape index (κ2) is 5.65. The molecule has 3 nitrogen and oxygen atoms in total. The van der Waals surface area contributed by atoms with Crippen molar-refractivity contribution in [2.45, 2.75) is 4.90 Å². The van der Waals surface area contributed by atoms with Gasteiger partial charge >= 0.3 is 0 Å². The van der Waals surface area contributed by atoms with E-state index in [9.17, 15) is 8.42 Å². The largest absolute Gasteiger partial charge is 0.279 e. The normalized spacial score (nSPS) is 11.7. The van der Waals surface area contributed by atoms with Crippen molar-refractivity contribution in [1.82, 2.24) is 0 Å². The van der Waals surface area contributed by atoms with Gasteiger partial charge in [-0.15, -0.1) is 0 Å². The van der Waals surface area contributed by atoms with Crippen LogP contribution in [0, 0.1) is 0 Å². The monoisotopic (exact) mass is 333 g/mol. The van der Waals surface area contributed by atoms with E-state index in [1.54, 1.807) is 18.2 Å². The molecule has 4 heteroatoms. The first kappa shape index (κ1) is 14.7. The second-order valence-corrected chi connectivity index (χ2v) is 7.26. The summed E-state index contributed by atoms with van der Waals surface area (Å²) in [6.07, 6.45) is 0. The minimum absolute atomic E-state index is 0.286. The van der Waals surface area contributed by atoms with Gasteiger partial charge in [-0.1, -0.05) is 72.8 Å². The SMILES string of the molecule is O=S(=O)(Nc1cccc2ccccc12)c1cccc2ccccc12. The lowest BCUT2D eigenvalue weighted by atomic mass is 10.1. The van der Waals surface area contributed by atoms with E-state index < -0.39 is 10.0 Å². The van der Waals surface area contributed by atoms with Crippen molar-refractivity contribution in [3.63, 3.8) is 0 Å². The Kier molecular flexibility index (Phi) is 3.47. The second-order valence-electron chi connectivity index (χ2n) is 5.61. The van der Waals surface area contributed by atoms with Gasteiger partial charge in [0.2, 0.25) is 0 Å². The Bertz CT molecular complexity index is 1140. The molecule has 0 bridgehead atoms. The summed E-state index contributed by atoms with van der Waals surface area (Å²) >= 11 is 0. The molecule has 0 amide bonds. The Morgan fingerprint density at radius 2 is 1.12 bits per heavy atom. The number of anilines is 1. The van der Waals surface area contributed by atoms with E-state index in [0.29, 0.717) is 11.1 Å². The zero-order valence-electron chi connectivity index (χ0n) is 12.8. The minimum atomic E-state index is -3.68. The summed E-state index contributed by atoms with van der Waals surface area (Å²) < 4.78 is 28.6. The number of nitrogens with one attached hydrogen (secondary N) is 1. The molecule has 0 atom stereocenters. The van der Waals surface area contributed by atoms with Crippen LogP contribution in [0.4, 0.5) is 5.69 Å². The molecular weight excluding hydrogens is 318 g/mol. The number of hydrogen-bond acceptors (Lipinski definition) is 2. The standard InChI is InChI=1S/C20H15NO2S/c22-24(23,20-14-6-10-16-8-2-4-12-18(16)20)21-19-13-5-9-15-7-1-3-11-17(15)19/h1-14,21H. The average molecular weight is 333 g/mol. The van der Waals surface area contributed by atoms with Crippen molar-refractivity contribution in [1.29, 1.82) is 0 Å². The number of sulfonamides is 1. The molecule has 0 saturated heterocycles. The lowest BCUT2D eigenvalue weighted by Gasteiger charge is -2.12. The van der Waals surface area contributed by atoms with E-state index in [0.717, 1.165) is 16.2 Å². The summed E-state index contributed by atoms with van der Waals surface area (Å²) in [5.41, 5.74) is 0.584. The molecule has 0 spiro atoms. The zero-order valence-corrected chi connectivity index (χ0v) is 13.6. The van der Waals surface area contributed by atoms with E-state index >= 15 is 0 Å². The van der Waals surface area contributed by atoms with Crippen LogP contribution in [0.15, 0.2) is 89.8 Å². The lowest BCUT2D eigenvalue weighted by Crippen LogP contribution is -2.13. The van der Waals surface area contributed by atoms with E-state index in [-0.39, 0.29) is 4.90 Å².